The van der Waals surface area contributed by atoms with Crippen molar-refractivity contribution in [2.24, 2.45) is 17.8 Å². The van der Waals surface area contributed by atoms with Gasteiger partial charge in [-0.3, -0.25) is 4.79 Å². The first-order valence-corrected chi connectivity index (χ1v) is 18.1. The van der Waals surface area contributed by atoms with Crippen molar-refractivity contribution in [1.29, 1.82) is 0 Å². The van der Waals surface area contributed by atoms with E-state index in [-0.39, 0.29) is 47.9 Å². The number of esters is 4. The molecule has 5 atom stereocenters. The number of hydrogen-bond donors (Lipinski definition) is 0. The van der Waals surface area contributed by atoms with Crippen LogP contribution in [-0.2, 0) is 42.6 Å². The fraction of sp³-hybridized carbons (Fsp3) is 0.486. The largest absolute Gasteiger partial charge is 0.466 e. The van der Waals surface area contributed by atoms with Gasteiger partial charge in [-0.05, 0) is 64.7 Å². The summed E-state index contributed by atoms with van der Waals surface area (Å²) < 4.78 is 25.3. The Labute approximate surface area is 269 Å². The van der Waals surface area contributed by atoms with Gasteiger partial charge < -0.3 is 23.4 Å². The Morgan fingerprint density at radius 3 is 1.96 bits per heavy atom. The average Bonchev–Trinajstić information content (AvgIpc) is 3.65. The van der Waals surface area contributed by atoms with Crippen LogP contribution in [-0.4, -0.2) is 65.2 Å². The molecule has 248 valence electrons. The van der Waals surface area contributed by atoms with Crippen LogP contribution in [0.15, 0.2) is 73.4 Å². The molecule has 0 spiro atoms. The van der Waals surface area contributed by atoms with Crippen LogP contribution in [0.5, 0.6) is 0 Å². The van der Waals surface area contributed by atoms with E-state index in [1.807, 2.05) is 36.4 Å². The van der Waals surface area contributed by atoms with E-state index in [4.69, 9.17) is 18.6 Å². The second kappa shape index (κ2) is 18.9. The standard InChI is InChI=1S/C12H14O4.C10H20O3Si.C8H8.C5H8O2/c1-5(2)11(13)15-9-6-3-7-8(4-6)12(14)16-10(7)9;1-9(2)10(11)13-7-6-8-14(4,5)12-3;1-2-8-6-4-3-5-7-8;1-4(2)5(6)7-3/h6-10H,1,3-4H2,2H3;1,6-8H2,2-5H3;2-7H,1H2;1H2,2-3H3. The van der Waals surface area contributed by atoms with Crippen molar-refractivity contribution in [2.75, 3.05) is 20.8 Å². The molecular weight excluding hydrogens is 592 g/mol. The Morgan fingerprint density at radius 2 is 1.51 bits per heavy atom. The molecule has 10 heteroatoms. The van der Waals surface area contributed by atoms with Gasteiger partial charge in [-0.15, -0.1) is 0 Å². The molecule has 1 aromatic rings. The fourth-order valence-electron chi connectivity index (χ4n) is 4.94. The molecule has 2 aliphatic carbocycles. The highest BCUT2D eigenvalue weighted by Gasteiger charge is 2.63. The lowest BCUT2D eigenvalue weighted by Crippen LogP contribution is -2.36. The van der Waals surface area contributed by atoms with Gasteiger partial charge in [-0.25, -0.2) is 14.4 Å². The molecule has 0 N–H and O–H groups in total. The van der Waals surface area contributed by atoms with E-state index in [0.717, 1.165) is 25.3 Å². The second-order valence-corrected chi connectivity index (χ2v) is 16.4. The van der Waals surface area contributed by atoms with E-state index >= 15 is 0 Å². The van der Waals surface area contributed by atoms with E-state index in [9.17, 15) is 19.2 Å². The maximum absolute atomic E-state index is 11.5. The molecule has 3 fully saturated rings. The molecule has 1 saturated heterocycles. The summed E-state index contributed by atoms with van der Waals surface area (Å²) in [6.07, 6.45) is 4.03. The summed E-state index contributed by atoms with van der Waals surface area (Å²) in [5, 5.41) is 0. The van der Waals surface area contributed by atoms with E-state index in [1.54, 1.807) is 27.9 Å². The van der Waals surface area contributed by atoms with Gasteiger partial charge in [-0.2, -0.15) is 0 Å². The third-order valence-corrected chi connectivity index (χ3v) is 10.3. The van der Waals surface area contributed by atoms with E-state index in [2.05, 4.69) is 44.1 Å². The Hall–Kier alpha value is -3.76. The van der Waals surface area contributed by atoms with Gasteiger partial charge in [0.15, 0.2) is 8.32 Å². The molecule has 0 amide bonds. The number of fused-ring (bicyclic) bond motifs is 1. The van der Waals surface area contributed by atoms with E-state index in [1.165, 1.54) is 12.7 Å². The maximum atomic E-state index is 11.5. The minimum Gasteiger partial charge on any atom is -0.466 e. The first-order valence-electron chi connectivity index (χ1n) is 14.9. The van der Waals surface area contributed by atoms with Gasteiger partial charge in [0, 0.05) is 35.7 Å². The van der Waals surface area contributed by atoms with Crippen molar-refractivity contribution in [1.82, 2.24) is 0 Å². The molecule has 45 heavy (non-hydrogen) atoms. The summed E-state index contributed by atoms with van der Waals surface area (Å²) in [5.41, 5.74) is 2.45. The molecule has 2 bridgehead atoms. The predicted octanol–water partition coefficient (Wildman–Crippen LogP) is 6.47. The lowest BCUT2D eigenvalue weighted by molar-refractivity contribution is -0.158. The molecule has 2 saturated carbocycles. The van der Waals surface area contributed by atoms with Crippen molar-refractivity contribution in [3.8, 4) is 0 Å². The molecule has 1 aliphatic heterocycles. The van der Waals surface area contributed by atoms with Gasteiger partial charge in [0.1, 0.15) is 12.2 Å². The molecule has 3 aliphatic rings. The third kappa shape index (κ3) is 13.0. The highest BCUT2D eigenvalue weighted by Crippen LogP contribution is 2.55. The van der Waals surface area contributed by atoms with Crippen LogP contribution >= 0.6 is 0 Å². The number of benzene rings is 1. The summed E-state index contributed by atoms with van der Waals surface area (Å²) >= 11 is 0. The molecule has 0 radical (unpaired) electrons. The zero-order valence-corrected chi connectivity index (χ0v) is 28.9. The van der Waals surface area contributed by atoms with Crippen molar-refractivity contribution < 1.29 is 42.6 Å². The van der Waals surface area contributed by atoms with Crippen LogP contribution in [0.2, 0.25) is 19.1 Å². The monoisotopic (exact) mass is 642 g/mol. The number of rotatable bonds is 10. The highest BCUT2D eigenvalue weighted by atomic mass is 28.4. The van der Waals surface area contributed by atoms with Crippen molar-refractivity contribution in [3.05, 3.63) is 78.9 Å². The Balaban J connectivity index is 0.000000318. The Morgan fingerprint density at radius 1 is 0.933 bits per heavy atom. The maximum Gasteiger partial charge on any atom is 0.333 e. The fourth-order valence-corrected chi connectivity index (χ4v) is 6.14. The second-order valence-electron chi connectivity index (χ2n) is 11.9. The van der Waals surface area contributed by atoms with Gasteiger partial charge in [0.05, 0.1) is 19.6 Å². The lowest BCUT2D eigenvalue weighted by atomic mass is 9.88. The average molecular weight is 643 g/mol. The van der Waals surface area contributed by atoms with Crippen molar-refractivity contribution in [3.63, 3.8) is 0 Å². The van der Waals surface area contributed by atoms with Gasteiger partial charge in [-0.1, -0.05) is 62.7 Å². The summed E-state index contributed by atoms with van der Waals surface area (Å²) in [4.78, 5) is 44.1. The number of hydrogen-bond acceptors (Lipinski definition) is 9. The molecule has 9 nitrogen and oxygen atoms in total. The smallest absolute Gasteiger partial charge is 0.333 e. The molecule has 1 heterocycles. The molecule has 1 aromatic carbocycles. The lowest BCUT2D eigenvalue weighted by Gasteiger charge is -2.25. The van der Waals surface area contributed by atoms with E-state index in [0.29, 0.717) is 29.2 Å². The van der Waals surface area contributed by atoms with Crippen LogP contribution in [0.1, 0.15) is 45.6 Å². The Bertz CT molecular complexity index is 1220. The quantitative estimate of drug-likeness (QED) is 0.0931. The number of methoxy groups -OCH3 is 1. The van der Waals surface area contributed by atoms with Crippen LogP contribution in [0, 0.1) is 17.8 Å². The minimum absolute atomic E-state index is 0.0646. The van der Waals surface area contributed by atoms with Crippen molar-refractivity contribution >= 4 is 38.3 Å². The van der Waals surface area contributed by atoms with Crippen LogP contribution < -0.4 is 0 Å². The van der Waals surface area contributed by atoms with Crippen LogP contribution in [0.3, 0.4) is 0 Å². The molecule has 4 rings (SSSR count). The van der Waals surface area contributed by atoms with E-state index < -0.39 is 8.32 Å². The minimum atomic E-state index is -1.49. The first-order chi connectivity index (χ1) is 21.1. The molecule has 5 unspecified atom stereocenters. The normalized spacial score (nSPS) is 21.6. The SMILES string of the molecule is C=C(C)C(=O)OC.C=C(C)C(=O)OC1C2CC3C(=O)OC1C3C2.C=C(C)C(=O)OCCC[Si](C)(C)OC.C=Cc1ccccc1. The number of carbonyl (C=O) groups excluding carboxylic acids is 4. The van der Waals surface area contributed by atoms with Gasteiger partial charge >= 0.3 is 23.9 Å². The highest BCUT2D eigenvalue weighted by molar-refractivity contribution is 6.71. The zero-order chi connectivity index (χ0) is 34.3. The topological polar surface area (TPSA) is 114 Å². The summed E-state index contributed by atoms with van der Waals surface area (Å²) in [7, 11) is 1.58. The molecule has 0 aromatic heterocycles. The van der Waals surface area contributed by atoms with Crippen LogP contribution in [0.25, 0.3) is 6.08 Å². The van der Waals surface area contributed by atoms with Gasteiger partial charge in [0.25, 0.3) is 0 Å². The predicted molar refractivity (Wildman–Crippen MR) is 177 cm³/mol. The van der Waals surface area contributed by atoms with Crippen molar-refractivity contribution in [2.45, 2.75) is 71.4 Å². The first kappa shape index (κ1) is 39.3. The summed E-state index contributed by atoms with van der Waals surface area (Å²) in [6.45, 7) is 23.7. The number of ether oxygens (including phenoxy) is 4. The number of carbonyl (C=O) groups is 4. The summed E-state index contributed by atoms with van der Waals surface area (Å²) in [6, 6.07) is 11.0. The zero-order valence-electron chi connectivity index (χ0n) is 27.9. The van der Waals surface area contributed by atoms with Crippen LogP contribution in [0.4, 0.5) is 0 Å². The summed E-state index contributed by atoms with van der Waals surface area (Å²) in [5.74, 6) is -0.490. The third-order valence-electron chi connectivity index (χ3n) is 7.63. The Kier molecular flexibility index (Phi) is 16.5. The van der Waals surface area contributed by atoms with Gasteiger partial charge in [0.2, 0.25) is 0 Å². The molecular formula is C35H50O9Si.